The van der Waals surface area contributed by atoms with Crippen molar-refractivity contribution >= 4 is 11.9 Å². The molecule has 0 N–H and O–H groups in total. The van der Waals surface area contributed by atoms with Crippen molar-refractivity contribution in [1.29, 1.82) is 0 Å². The summed E-state index contributed by atoms with van der Waals surface area (Å²) in [6.45, 7) is 8.81. The molecule has 0 heterocycles. The van der Waals surface area contributed by atoms with Gasteiger partial charge in [0.15, 0.2) is 0 Å². The minimum absolute atomic E-state index is 0.237. The molecule has 2 aliphatic rings. The summed E-state index contributed by atoms with van der Waals surface area (Å²) in [5.74, 6) is -0.123. The number of ether oxygens (including phenoxy) is 2. The van der Waals surface area contributed by atoms with Crippen molar-refractivity contribution in [3.63, 3.8) is 0 Å². The van der Waals surface area contributed by atoms with Crippen molar-refractivity contribution in [3.8, 4) is 0 Å². The van der Waals surface area contributed by atoms with Crippen LogP contribution in [0, 0.1) is 23.7 Å². The molecule has 2 aliphatic carbocycles. The van der Waals surface area contributed by atoms with Gasteiger partial charge in [-0.1, -0.05) is 33.3 Å². The van der Waals surface area contributed by atoms with Crippen molar-refractivity contribution in [2.45, 2.75) is 47.0 Å². The Labute approximate surface area is 126 Å². The average molecular weight is 294 g/mol. The van der Waals surface area contributed by atoms with Crippen LogP contribution in [0.5, 0.6) is 0 Å². The van der Waals surface area contributed by atoms with E-state index in [0.29, 0.717) is 30.6 Å². The smallest absolute Gasteiger partial charge is 0.334 e. The number of fused-ring (bicyclic) bond motifs is 2. The summed E-state index contributed by atoms with van der Waals surface area (Å²) in [6, 6.07) is 0. The molecular formula is C17H26O4. The zero-order valence-electron chi connectivity index (χ0n) is 13.5. The van der Waals surface area contributed by atoms with Gasteiger partial charge in [0.25, 0.3) is 0 Å². The second kappa shape index (κ2) is 6.63. The van der Waals surface area contributed by atoms with E-state index in [4.69, 9.17) is 9.47 Å². The predicted molar refractivity (Wildman–Crippen MR) is 79.5 cm³/mol. The van der Waals surface area contributed by atoms with Crippen LogP contribution in [0.15, 0.2) is 11.1 Å². The van der Waals surface area contributed by atoms with Gasteiger partial charge in [0, 0.05) is 0 Å². The molecule has 2 unspecified atom stereocenters. The number of hydrogen-bond acceptors (Lipinski definition) is 4. The van der Waals surface area contributed by atoms with Crippen LogP contribution in [0.1, 0.15) is 47.0 Å². The van der Waals surface area contributed by atoms with Gasteiger partial charge in [-0.2, -0.15) is 0 Å². The van der Waals surface area contributed by atoms with E-state index < -0.39 is 5.92 Å². The molecule has 0 amide bonds. The number of esters is 2. The van der Waals surface area contributed by atoms with E-state index in [1.165, 1.54) is 0 Å². The number of allylic oxidation sites excluding steroid dienone is 1. The highest BCUT2D eigenvalue weighted by Gasteiger charge is 2.47. The molecule has 0 aromatic heterocycles. The minimum Gasteiger partial charge on any atom is -0.465 e. The molecule has 1 fully saturated rings. The molecule has 2 rings (SSSR count). The van der Waals surface area contributed by atoms with E-state index in [0.717, 1.165) is 24.8 Å². The first-order valence-electron chi connectivity index (χ1n) is 7.95. The Bertz CT molecular complexity index is 448. The fraction of sp³-hybridized carbons (Fsp3) is 0.765. The molecule has 1 saturated carbocycles. The summed E-state index contributed by atoms with van der Waals surface area (Å²) in [5, 5.41) is 0. The van der Waals surface area contributed by atoms with Gasteiger partial charge in [0.05, 0.1) is 24.7 Å². The third-order valence-corrected chi connectivity index (χ3v) is 4.07. The highest BCUT2D eigenvalue weighted by Crippen LogP contribution is 2.49. The summed E-state index contributed by atoms with van der Waals surface area (Å²) in [5.41, 5.74) is 1.71. The Hall–Kier alpha value is -1.32. The van der Waals surface area contributed by atoms with Gasteiger partial charge in [0.1, 0.15) is 0 Å². The SMILES string of the molecule is CC(C)COC(=O)C1=C2CCC(C2)C1C(=O)OCC(C)C. The fourth-order valence-electron chi connectivity index (χ4n) is 3.11. The molecule has 118 valence electrons. The van der Waals surface area contributed by atoms with Gasteiger partial charge in [-0.05, 0) is 37.0 Å². The quantitative estimate of drug-likeness (QED) is 0.706. The Balaban J connectivity index is 2.06. The van der Waals surface area contributed by atoms with Crippen LogP contribution in [0.3, 0.4) is 0 Å². The Morgan fingerprint density at radius 3 is 2.33 bits per heavy atom. The van der Waals surface area contributed by atoms with Crippen LogP contribution in [0.25, 0.3) is 0 Å². The summed E-state index contributed by atoms with van der Waals surface area (Å²) in [4.78, 5) is 24.6. The predicted octanol–water partition coefficient (Wildman–Crippen LogP) is 3.11. The Morgan fingerprint density at radius 2 is 1.71 bits per heavy atom. The lowest BCUT2D eigenvalue weighted by molar-refractivity contribution is -0.153. The molecular weight excluding hydrogens is 268 g/mol. The molecule has 4 heteroatoms. The third kappa shape index (κ3) is 3.66. The van der Waals surface area contributed by atoms with Crippen LogP contribution in [0.4, 0.5) is 0 Å². The zero-order valence-corrected chi connectivity index (χ0v) is 13.5. The minimum atomic E-state index is -0.396. The van der Waals surface area contributed by atoms with E-state index in [-0.39, 0.29) is 17.9 Å². The van der Waals surface area contributed by atoms with Crippen molar-refractivity contribution in [1.82, 2.24) is 0 Å². The maximum atomic E-state index is 12.3. The molecule has 0 spiro atoms. The number of rotatable bonds is 6. The lowest BCUT2D eigenvalue weighted by atomic mass is 9.86. The van der Waals surface area contributed by atoms with Crippen LogP contribution >= 0.6 is 0 Å². The second-order valence-corrected chi connectivity index (χ2v) is 7.01. The summed E-state index contributed by atoms with van der Waals surface area (Å²) in [7, 11) is 0. The summed E-state index contributed by atoms with van der Waals surface area (Å²) in [6.07, 6.45) is 2.76. The first-order chi connectivity index (χ1) is 9.90. The van der Waals surface area contributed by atoms with E-state index in [9.17, 15) is 9.59 Å². The van der Waals surface area contributed by atoms with Crippen molar-refractivity contribution in [3.05, 3.63) is 11.1 Å². The molecule has 21 heavy (non-hydrogen) atoms. The van der Waals surface area contributed by atoms with Gasteiger partial charge in [-0.25, -0.2) is 4.79 Å². The number of carbonyl (C=O) groups is 2. The Morgan fingerprint density at radius 1 is 1.10 bits per heavy atom. The maximum Gasteiger partial charge on any atom is 0.334 e. The van der Waals surface area contributed by atoms with Crippen molar-refractivity contribution < 1.29 is 19.1 Å². The van der Waals surface area contributed by atoms with Crippen LogP contribution < -0.4 is 0 Å². The first kappa shape index (κ1) is 16.1. The standard InChI is InChI=1S/C17H26O4/c1-10(2)8-20-16(18)14-12-5-6-13(7-12)15(14)17(19)21-9-11(3)4/h10-12,14H,5-9H2,1-4H3. The van der Waals surface area contributed by atoms with Crippen molar-refractivity contribution in [2.75, 3.05) is 13.2 Å². The molecule has 0 aliphatic heterocycles. The normalized spacial score (nSPS) is 24.1. The maximum absolute atomic E-state index is 12.3. The van der Waals surface area contributed by atoms with Gasteiger partial charge in [0.2, 0.25) is 0 Å². The van der Waals surface area contributed by atoms with Crippen LogP contribution in [-0.4, -0.2) is 25.2 Å². The molecule has 0 radical (unpaired) electrons. The topological polar surface area (TPSA) is 52.6 Å². The van der Waals surface area contributed by atoms with Gasteiger partial charge in [-0.3, -0.25) is 4.79 Å². The second-order valence-electron chi connectivity index (χ2n) is 7.01. The fourth-order valence-corrected chi connectivity index (χ4v) is 3.11. The lowest BCUT2D eigenvalue weighted by Crippen LogP contribution is -2.30. The average Bonchev–Trinajstić information content (AvgIpc) is 3.02. The lowest BCUT2D eigenvalue weighted by Gasteiger charge is -2.22. The molecule has 4 nitrogen and oxygen atoms in total. The monoisotopic (exact) mass is 294 g/mol. The van der Waals surface area contributed by atoms with Crippen molar-refractivity contribution in [2.24, 2.45) is 23.7 Å². The third-order valence-electron chi connectivity index (χ3n) is 4.07. The van der Waals surface area contributed by atoms with Gasteiger partial charge < -0.3 is 9.47 Å². The van der Waals surface area contributed by atoms with E-state index in [1.54, 1.807) is 0 Å². The van der Waals surface area contributed by atoms with Crippen LogP contribution in [-0.2, 0) is 19.1 Å². The number of carbonyl (C=O) groups excluding carboxylic acids is 2. The van der Waals surface area contributed by atoms with Gasteiger partial charge >= 0.3 is 11.9 Å². The molecule has 2 bridgehead atoms. The zero-order chi connectivity index (χ0) is 15.6. The largest absolute Gasteiger partial charge is 0.465 e. The highest BCUT2D eigenvalue weighted by atomic mass is 16.5. The highest BCUT2D eigenvalue weighted by molar-refractivity contribution is 5.98. The summed E-state index contributed by atoms with van der Waals surface area (Å²) >= 11 is 0. The Kier molecular flexibility index (Phi) is 5.07. The molecule has 0 aromatic carbocycles. The van der Waals surface area contributed by atoms with Crippen LogP contribution in [0.2, 0.25) is 0 Å². The molecule has 0 aromatic rings. The molecule has 2 atom stereocenters. The summed E-state index contributed by atoms with van der Waals surface area (Å²) < 4.78 is 10.7. The van der Waals surface area contributed by atoms with E-state index in [2.05, 4.69) is 0 Å². The van der Waals surface area contributed by atoms with E-state index >= 15 is 0 Å². The van der Waals surface area contributed by atoms with E-state index in [1.807, 2.05) is 27.7 Å². The first-order valence-corrected chi connectivity index (χ1v) is 7.95. The number of hydrogen-bond donors (Lipinski definition) is 0. The molecule has 0 saturated heterocycles. The van der Waals surface area contributed by atoms with Gasteiger partial charge in [-0.15, -0.1) is 0 Å².